The fourth-order valence-electron chi connectivity index (χ4n) is 3.61. The average molecular weight is 476 g/mol. The third-order valence-corrected chi connectivity index (χ3v) is 7.54. The Morgan fingerprint density at radius 2 is 2.00 bits per heavy atom. The van der Waals surface area contributed by atoms with Crippen LogP contribution in [0.3, 0.4) is 0 Å². The minimum atomic E-state index is -0.392. The Morgan fingerprint density at radius 1 is 1.16 bits per heavy atom. The third-order valence-electron chi connectivity index (χ3n) is 5.12. The molecule has 162 valence electrons. The predicted molar refractivity (Wildman–Crippen MR) is 125 cm³/mol. The van der Waals surface area contributed by atoms with Crippen molar-refractivity contribution in [1.82, 2.24) is 0 Å². The number of carbonyl (C=O) groups is 2. The lowest BCUT2D eigenvalue weighted by atomic mass is 10.1. The van der Waals surface area contributed by atoms with Crippen molar-refractivity contribution >= 4 is 51.2 Å². The maximum absolute atomic E-state index is 12.9. The number of carbonyl (C=O) groups excluding carboxylic acids is 2. The van der Waals surface area contributed by atoms with Gasteiger partial charge in [-0.15, -0.1) is 22.7 Å². The monoisotopic (exact) mass is 475 g/mol. The predicted octanol–water partition coefficient (Wildman–Crippen LogP) is 6.35. The van der Waals surface area contributed by atoms with E-state index in [9.17, 15) is 9.59 Å². The summed E-state index contributed by atoms with van der Waals surface area (Å²) in [5, 5.41) is 6.03. The molecule has 1 aromatic carbocycles. The van der Waals surface area contributed by atoms with Crippen LogP contribution in [0.2, 0.25) is 5.02 Å². The van der Waals surface area contributed by atoms with Crippen LogP contribution in [-0.2, 0) is 24.2 Å². The summed E-state index contributed by atoms with van der Waals surface area (Å²) in [6.45, 7) is 0.338. The summed E-state index contributed by atoms with van der Waals surface area (Å²) in [7, 11) is 1.38. The number of benzene rings is 1. The highest BCUT2D eigenvalue weighted by Gasteiger charge is 2.26. The van der Waals surface area contributed by atoms with Crippen LogP contribution >= 0.6 is 34.3 Å². The number of ether oxygens (including phenoxy) is 2. The standard InChI is InChI=1S/C23H22ClNO4S2/c1-28-23(27)20-17-8-3-2-4-9-18(17)31-22(20)25-21(26)19-10-14(13-30-19)12-29-16-7-5-6-15(24)11-16/h5-7,10-11,13H,2-4,8-9,12H2,1H3,(H,25,26). The smallest absolute Gasteiger partial charge is 0.341 e. The molecule has 1 N–H and O–H groups in total. The minimum Gasteiger partial charge on any atom is -0.489 e. The van der Waals surface area contributed by atoms with Gasteiger partial charge in [0.2, 0.25) is 0 Å². The number of esters is 1. The van der Waals surface area contributed by atoms with Crippen molar-refractivity contribution in [2.24, 2.45) is 0 Å². The normalized spacial score (nSPS) is 13.2. The molecule has 3 aromatic rings. The zero-order chi connectivity index (χ0) is 21.8. The number of rotatable bonds is 6. The second kappa shape index (κ2) is 9.85. The number of hydrogen-bond donors (Lipinski definition) is 1. The molecule has 0 spiro atoms. The van der Waals surface area contributed by atoms with E-state index in [1.165, 1.54) is 34.7 Å². The van der Waals surface area contributed by atoms with E-state index in [1.807, 2.05) is 17.5 Å². The summed E-state index contributed by atoms with van der Waals surface area (Å²) in [5.74, 6) is 0.0459. The SMILES string of the molecule is COC(=O)c1c(NC(=O)c2cc(COc3cccc(Cl)c3)cs2)sc2c1CCCCC2. The van der Waals surface area contributed by atoms with Crippen molar-refractivity contribution < 1.29 is 19.1 Å². The number of thiophene rings is 2. The second-order valence-corrected chi connectivity index (χ2v) is 9.73. The van der Waals surface area contributed by atoms with Gasteiger partial charge in [-0.05, 0) is 60.9 Å². The van der Waals surface area contributed by atoms with Crippen molar-refractivity contribution in [2.45, 2.75) is 38.7 Å². The van der Waals surface area contributed by atoms with Gasteiger partial charge in [0.25, 0.3) is 5.91 Å². The van der Waals surface area contributed by atoms with Gasteiger partial charge >= 0.3 is 5.97 Å². The van der Waals surface area contributed by atoms with Crippen LogP contribution in [0.5, 0.6) is 5.75 Å². The highest BCUT2D eigenvalue weighted by atomic mass is 35.5. The van der Waals surface area contributed by atoms with Crippen molar-refractivity contribution in [2.75, 3.05) is 12.4 Å². The molecule has 8 heteroatoms. The molecular weight excluding hydrogens is 454 g/mol. The highest BCUT2D eigenvalue weighted by molar-refractivity contribution is 7.17. The van der Waals surface area contributed by atoms with Gasteiger partial charge in [-0.3, -0.25) is 4.79 Å². The van der Waals surface area contributed by atoms with E-state index < -0.39 is 5.97 Å². The lowest BCUT2D eigenvalue weighted by molar-refractivity contribution is 0.0601. The Labute approximate surface area is 194 Å². The molecule has 4 rings (SSSR count). The van der Waals surface area contributed by atoms with E-state index >= 15 is 0 Å². The first-order valence-corrected chi connectivity index (χ1v) is 12.1. The van der Waals surface area contributed by atoms with E-state index in [0.717, 1.165) is 43.2 Å². The zero-order valence-corrected chi connectivity index (χ0v) is 19.4. The van der Waals surface area contributed by atoms with Gasteiger partial charge < -0.3 is 14.8 Å². The Balaban J connectivity index is 1.48. The number of nitrogens with one attached hydrogen (secondary N) is 1. The molecule has 1 aliphatic carbocycles. The molecule has 0 saturated heterocycles. The molecule has 0 aliphatic heterocycles. The molecule has 0 radical (unpaired) electrons. The van der Waals surface area contributed by atoms with E-state index in [-0.39, 0.29) is 5.91 Å². The lowest BCUT2D eigenvalue weighted by Gasteiger charge is -2.07. The van der Waals surface area contributed by atoms with Crippen LogP contribution in [-0.4, -0.2) is 19.0 Å². The van der Waals surface area contributed by atoms with E-state index in [0.29, 0.717) is 32.8 Å². The van der Waals surface area contributed by atoms with Gasteiger partial charge in [0.1, 0.15) is 17.4 Å². The summed E-state index contributed by atoms with van der Waals surface area (Å²) in [6.07, 6.45) is 5.07. The fourth-order valence-corrected chi connectivity index (χ4v) is 5.85. The lowest BCUT2D eigenvalue weighted by Crippen LogP contribution is -2.13. The zero-order valence-electron chi connectivity index (χ0n) is 17.0. The van der Waals surface area contributed by atoms with Crippen molar-refractivity contribution in [3.8, 4) is 5.75 Å². The minimum absolute atomic E-state index is 0.236. The summed E-state index contributed by atoms with van der Waals surface area (Å²) in [5.41, 5.74) is 2.44. The van der Waals surface area contributed by atoms with E-state index in [1.54, 1.807) is 18.2 Å². The van der Waals surface area contributed by atoms with Gasteiger partial charge in [-0.1, -0.05) is 24.1 Å². The van der Waals surface area contributed by atoms with Crippen LogP contribution in [0.1, 0.15) is 55.3 Å². The molecule has 2 aromatic heterocycles. The number of fused-ring (bicyclic) bond motifs is 1. The van der Waals surface area contributed by atoms with Crippen molar-refractivity contribution in [3.63, 3.8) is 0 Å². The maximum Gasteiger partial charge on any atom is 0.341 e. The number of hydrogen-bond acceptors (Lipinski definition) is 6. The first-order chi connectivity index (χ1) is 15.0. The molecule has 1 aliphatic rings. The molecular formula is C23H22ClNO4S2. The summed E-state index contributed by atoms with van der Waals surface area (Å²) in [6, 6.07) is 9.00. The quantitative estimate of drug-likeness (QED) is 0.333. The summed E-state index contributed by atoms with van der Waals surface area (Å²) in [4.78, 5) is 27.1. The van der Waals surface area contributed by atoms with Crippen molar-refractivity contribution in [3.05, 3.63) is 67.2 Å². The highest BCUT2D eigenvalue weighted by Crippen LogP contribution is 2.38. The van der Waals surface area contributed by atoms with Crippen molar-refractivity contribution in [1.29, 1.82) is 0 Å². The topological polar surface area (TPSA) is 64.6 Å². The maximum atomic E-state index is 12.9. The number of aryl methyl sites for hydroxylation is 1. The third kappa shape index (κ3) is 5.11. The van der Waals surface area contributed by atoms with Gasteiger partial charge in [-0.2, -0.15) is 0 Å². The number of anilines is 1. The van der Waals surface area contributed by atoms with E-state index in [4.69, 9.17) is 21.1 Å². The molecule has 0 atom stereocenters. The van der Waals surface area contributed by atoms with Crippen LogP contribution < -0.4 is 10.1 Å². The second-order valence-electron chi connectivity index (χ2n) is 7.28. The molecule has 0 fully saturated rings. The van der Waals surface area contributed by atoms with Gasteiger partial charge in [0, 0.05) is 15.5 Å². The Kier molecular flexibility index (Phi) is 6.95. The van der Waals surface area contributed by atoms with Crippen LogP contribution in [0.25, 0.3) is 0 Å². The first-order valence-electron chi connectivity index (χ1n) is 10.0. The Hall–Kier alpha value is -2.35. The summed E-state index contributed by atoms with van der Waals surface area (Å²) >= 11 is 8.81. The first kappa shape index (κ1) is 21.9. The largest absolute Gasteiger partial charge is 0.489 e. The molecule has 5 nitrogen and oxygen atoms in total. The van der Waals surface area contributed by atoms with Gasteiger partial charge in [0.15, 0.2) is 0 Å². The molecule has 0 saturated carbocycles. The van der Waals surface area contributed by atoms with Crippen LogP contribution in [0, 0.1) is 0 Å². The van der Waals surface area contributed by atoms with Crippen LogP contribution in [0.15, 0.2) is 35.7 Å². The fraction of sp³-hybridized carbons (Fsp3) is 0.304. The molecule has 2 heterocycles. The number of amides is 1. The molecule has 0 unspecified atom stereocenters. The number of halogens is 1. The van der Waals surface area contributed by atoms with Crippen LogP contribution in [0.4, 0.5) is 5.00 Å². The molecule has 0 bridgehead atoms. The number of methoxy groups -OCH3 is 1. The summed E-state index contributed by atoms with van der Waals surface area (Å²) < 4.78 is 10.8. The van der Waals surface area contributed by atoms with Gasteiger partial charge in [0.05, 0.1) is 17.6 Å². The van der Waals surface area contributed by atoms with E-state index in [2.05, 4.69) is 5.32 Å². The average Bonchev–Trinajstić information content (AvgIpc) is 3.30. The molecule has 1 amide bonds. The Bertz CT molecular complexity index is 1100. The molecule has 31 heavy (non-hydrogen) atoms. The Morgan fingerprint density at radius 3 is 2.81 bits per heavy atom. The van der Waals surface area contributed by atoms with Gasteiger partial charge in [-0.25, -0.2) is 4.79 Å².